The van der Waals surface area contributed by atoms with Crippen molar-refractivity contribution in [1.29, 1.82) is 0 Å². The normalized spacial score (nSPS) is 13.8. The Morgan fingerprint density at radius 1 is 0.848 bits per heavy atom. The molecule has 3 aromatic carbocycles. The van der Waals surface area contributed by atoms with Crippen LogP contribution in [-0.2, 0) is 25.9 Å². The third kappa shape index (κ3) is 4.39. The molecule has 0 saturated carbocycles. The molecule has 33 heavy (non-hydrogen) atoms. The van der Waals surface area contributed by atoms with Gasteiger partial charge in [0.1, 0.15) is 5.82 Å². The molecule has 1 aromatic heterocycles. The molecule has 0 N–H and O–H groups in total. The van der Waals surface area contributed by atoms with Gasteiger partial charge in [-0.15, -0.1) is 0 Å². The summed E-state index contributed by atoms with van der Waals surface area (Å²) in [6, 6.07) is 30.9. The van der Waals surface area contributed by atoms with Crippen LogP contribution >= 0.6 is 0 Å². The predicted molar refractivity (Wildman–Crippen MR) is 132 cm³/mol. The number of aromatic nitrogens is 2. The van der Waals surface area contributed by atoms with E-state index in [1.54, 1.807) is 0 Å². The first-order valence-electron chi connectivity index (χ1n) is 11.7. The molecule has 4 aromatic rings. The van der Waals surface area contributed by atoms with Crippen LogP contribution in [0.5, 0.6) is 0 Å². The lowest BCUT2D eigenvalue weighted by Crippen LogP contribution is -2.40. The molecule has 1 aliphatic heterocycles. The van der Waals surface area contributed by atoms with Crippen LogP contribution in [0.2, 0.25) is 0 Å². The van der Waals surface area contributed by atoms with E-state index in [0.29, 0.717) is 13.0 Å². The van der Waals surface area contributed by atoms with Crippen LogP contribution in [0.25, 0.3) is 0 Å². The predicted octanol–water partition coefficient (Wildman–Crippen LogP) is 5.00. The van der Waals surface area contributed by atoms with Crippen LogP contribution in [0, 0.1) is 0 Å². The van der Waals surface area contributed by atoms with E-state index in [1.165, 1.54) is 5.56 Å². The zero-order chi connectivity index (χ0) is 22.6. The molecule has 0 unspecified atom stereocenters. The van der Waals surface area contributed by atoms with E-state index in [2.05, 4.69) is 60.4 Å². The fraction of sp³-hybridized carbons (Fsp3) is 0.241. The Labute approximate surface area is 195 Å². The monoisotopic (exact) mass is 435 g/mol. The van der Waals surface area contributed by atoms with E-state index in [-0.39, 0.29) is 11.6 Å². The number of hydrogen-bond donors (Lipinski definition) is 0. The van der Waals surface area contributed by atoms with Crippen LogP contribution in [0.4, 0.5) is 0 Å². The second-order valence-corrected chi connectivity index (χ2v) is 8.65. The Morgan fingerprint density at radius 3 is 2.00 bits per heavy atom. The van der Waals surface area contributed by atoms with Gasteiger partial charge in [-0.25, -0.2) is 4.98 Å². The van der Waals surface area contributed by atoms with Crippen molar-refractivity contribution in [2.24, 2.45) is 0 Å². The molecule has 0 atom stereocenters. The fourth-order valence-electron chi connectivity index (χ4n) is 4.85. The van der Waals surface area contributed by atoms with E-state index in [4.69, 9.17) is 4.98 Å². The SMILES string of the molecule is CCc1nc2c(c(=O)n1C(c1ccccc1)c1ccccc1)CN(Cc1ccccc1)CC2. The van der Waals surface area contributed by atoms with Gasteiger partial charge in [0.2, 0.25) is 0 Å². The van der Waals surface area contributed by atoms with Crippen molar-refractivity contribution in [3.8, 4) is 0 Å². The molecule has 0 radical (unpaired) electrons. The standard InChI is InChI=1S/C29H29N3O/c1-2-27-30-26-18-19-31(20-22-12-6-3-7-13-22)21-25(26)29(33)32(27)28(23-14-8-4-9-15-23)24-16-10-5-11-17-24/h3-17,28H,2,18-21H2,1H3. The summed E-state index contributed by atoms with van der Waals surface area (Å²) in [7, 11) is 0. The van der Waals surface area contributed by atoms with E-state index >= 15 is 0 Å². The smallest absolute Gasteiger partial charge is 0.259 e. The molecule has 0 amide bonds. The Morgan fingerprint density at radius 2 is 1.42 bits per heavy atom. The van der Waals surface area contributed by atoms with Gasteiger partial charge in [-0.2, -0.15) is 0 Å². The van der Waals surface area contributed by atoms with Crippen LogP contribution in [0.15, 0.2) is 95.8 Å². The van der Waals surface area contributed by atoms with Gasteiger partial charge in [-0.3, -0.25) is 14.3 Å². The summed E-state index contributed by atoms with van der Waals surface area (Å²) in [6.45, 7) is 4.48. The largest absolute Gasteiger partial charge is 0.294 e. The lowest BCUT2D eigenvalue weighted by molar-refractivity contribution is 0.240. The maximum atomic E-state index is 14.1. The first kappa shape index (κ1) is 21.4. The maximum absolute atomic E-state index is 14.1. The minimum atomic E-state index is -0.197. The summed E-state index contributed by atoms with van der Waals surface area (Å²) in [4.78, 5) is 21.5. The Hall–Kier alpha value is -3.50. The summed E-state index contributed by atoms with van der Waals surface area (Å²) in [5.74, 6) is 0.855. The summed E-state index contributed by atoms with van der Waals surface area (Å²) < 4.78 is 1.94. The van der Waals surface area contributed by atoms with Gasteiger partial charge < -0.3 is 0 Å². The molecule has 0 spiro atoms. The van der Waals surface area contributed by atoms with Gasteiger partial charge in [-0.1, -0.05) is 97.9 Å². The van der Waals surface area contributed by atoms with Crippen LogP contribution in [0.1, 0.15) is 46.7 Å². The average molecular weight is 436 g/mol. The molecule has 4 heteroatoms. The van der Waals surface area contributed by atoms with Crippen molar-refractivity contribution < 1.29 is 0 Å². The minimum absolute atomic E-state index is 0.0901. The van der Waals surface area contributed by atoms with Gasteiger partial charge in [-0.05, 0) is 16.7 Å². The number of rotatable bonds is 6. The first-order chi connectivity index (χ1) is 16.2. The Bertz CT molecular complexity index is 1230. The molecule has 0 saturated heterocycles. The van der Waals surface area contributed by atoms with Crippen molar-refractivity contribution in [2.45, 2.75) is 38.9 Å². The van der Waals surface area contributed by atoms with E-state index < -0.39 is 0 Å². The van der Waals surface area contributed by atoms with Crippen LogP contribution in [-0.4, -0.2) is 21.0 Å². The van der Waals surface area contributed by atoms with E-state index in [0.717, 1.165) is 47.7 Å². The zero-order valence-electron chi connectivity index (χ0n) is 19.0. The molecule has 0 aliphatic carbocycles. The summed E-state index contributed by atoms with van der Waals surface area (Å²) in [5, 5.41) is 0. The van der Waals surface area contributed by atoms with Gasteiger partial charge >= 0.3 is 0 Å². The maximum Gasteiger partial charge on any atom is 0.259 e. The molecule has 5 rings (SSSR count). The minimum Gasteiger partial charge on any atom is -0.294 e. The van der Waals surface area contributed by atoms with Crippen LogP contribution < -0.4 is 5.56 Å². The molecule has 1 aliphatic rings. The van der Waals surface area contributed by atoms with Crippen LogP contribution in [0.3, 0.4) is 0 Å². The number of fused-ring (bicyclic) bond motifs is 1. The van der Waals surface area contributed by atoms with Crippen molar-refractivity contribution >= 4 is 0 Å². The van der Waals surface area contributed by atoms with Crippen molar-refractivity contribution in [1.82, 2.24) is 14.5 Å². The summed E-state index contributed by atoms with van der Waals surface area (Å²) >= 11 is 0. The van der Waals surface area contributed by atoms with Gasteiger partial charge in [0.25, 0.3) is 5.56 Å². The molecule has 0 fully saturated rings. The lowest BCUT2D eigenvalue weighted by Gasteiger charge is -2.31. The van der Waals surface area contributed by atoms with Crippen molar-refractivity contribution in [3.05, 3.63) is 135 Å². The number of benzene rings is 3. The molecule has 166 valence electrons. The number of aryl methyl sites for hydroxylation is 1. The molecule has 2 heterocycles. The van der Waals surface area contributed by atoms with Crippen molar-refractivity contribution in [3.63, 3.8) is 0 Å². The molecule has 4 nitrogen and oxygen atoms in total. The Kier molecular flexibility index (Phi) is 6.18. The zero-order valence-corrected chi connectivity index (χ0v) is 19.0. The molecular formula is C29H29N3O. The second-order valence-electron chi connectivity index (χ2n) is 8.65. The van der Waals surface area contributed by atoms with E-state index in [1.807, 2.05) is 47.0 Å². The van der Waals surface area contributed by atoms with Gasteiger partial charge in [0.15, 0.2) is 0 Å². The lowest BCUT2D eigenvalue weighted by atomic mass is 9.97. The van der Waals surface area contributed by atoms with Gasteiger partial charge in [0.05, 0.1) is 17.3 Å². The third-order valence-electron chi connectivity index (χ3n) is 6.47. The Balaban J connectivity index is 1.60. The highest BCUT2D eigenvalue weighted by atomic mass is 16.1. The number of nitrogens with zero attached hydrogens (tertiary/aromatic N) is 3. The highest BCUT2D eigenvalue weighted by molar-refractivity contribution is 5.35. The van der Waals surface area contributed by atoms with Gasteiger partial charge in [0, 0.05) is 32.5 Å². The summed E-state index contributed by atoms with van der Waals surface area (Å²) in [6.07, 6.45) is 1.53. The molecular weight excluding hydrogens is 406 g/mol. The highest BCUT2D eigenvalue weighted by Gasteiger charge is 2.27. The fourth-order valence-corrected chi connectivity index (χ4v) is 4.85. The highest BCUT2D eigenvalue weighted by Crippen LogP contribution is 2.28. The second kappa shape index (κ2) is 9.55. The van der Waals surface area contributed by atoms with E-state index in [9.17, 15) is 4.79 Å². The molecule has 0 bridgehead atoms. The third-order valence-corrected chi connectivity index (χ3v) is 6.47. The number of hydrogen-bond acceptors (Lipinski definition) is 3. The summed E-state index contributed by atoms with van der Waals surface area (Å²) in [5.41, 5.74) is 5.36. The quantitative estimate of drug-likeness (QED) is 0.428. The first-order valence-corrected chi connectivity index (χ1v) is 11.7. The van der Waals surface area contributed by atoms with Crippen molar-refractivity contribution in [2.75, 3.05) is 6.54 Å². The topological polar surface area (TPSA) is 38.1 Å². The average Bonchev–Trinajstić information content (AvgIpc) is 2.87.